The third-order valence-electron chi connectivity index (χ3n) is 3.11. The van der Waals surface area contributed by atoms with Gasteiger partial charge >= 0.3 is 0 Å². The monoisotopic (exact) mass is 300 g/mol. The molecule has 0 aliphatic carbocycles. The number of hydrogen-bond acceptors (Lipinski definition) is 4. The first kappa shape index (κ1) is 17.0. The van der Waals surface area contributed by atoms with Gasteiger partial charge in [0.15, 0.2) is 0 Å². The molecule has 2 N–H and O–H groups in total. The van der Waals surface area contributed by atoms with Crippen LogP contribution < -0.4 is 5.73 Å². The first-order chi connectivity index (χ1) is 9.39. The zero-order chi connectivity index (χ0) is 15.2. The molecular formula is C13H24N4O2S. The second-order valence-electron chi connectivity index (χ2n) is 4.95. The highest BCUT2D eigenvalue weighted by Crippen LogP contribution is 2.14. The Balaban J connectivity index is 2.94. The van der Waals surface area contributed by atoms with Crippen molar-refractivity contribution < 1.29 is 8.42 Å². The summed E-state index contributed by atoms with van der Waals surface area (Å²) in [4.78, 5) is 4.02. The molecule has 0 spiro atoms. The summed E-state index contributed by atoms with van der Waals surface area (Å²) in [6.45, 7) is 4.88. The summed E-state index contributed by atoms with van der Waals surface area (Å²) in [5, 5.41) is 0. The molecule has 6 nitrogen and oxygen atoms in total. The van der Waals surface area contributed by atoms with E-state index < -0.39 is 10.2 Å². The first-order valence-electron chi connectivity index (χ1n) is 6.71. The molecule has 0 fully saturated rings. The molecule has 1 rings (SSSR count). The lowest BCUT2D eigenvalue weighted by Crippen LogP contribution is -2.45. The molecule has 0 unspecified atom stereocenters. The second-order valence-corrected chi connectivity index (χ2v) is 6.94. The van der Waals surface area contributed by atoms with Crippen molar-refractivity contribution in [1.29, 1.82) is 0 Å². The van der Waals surface area contributed by atoms with E-state index in [9.17, 15) is 8.42 Å². The summed E-state index contributed by atoms with van der Waals surface area (Å²) in [5.74, 6) is 0. The molecule has 0 aliphatic rings. The first-order valence-corrected chi connectivity index (χ1v) is 8.11. The average Bonchev–Trinajstić information content (AvgIpc) is 2.43. The largest absolute Gasteiger partial charge is 0.330 e. The summed E-state index contributed by atoms with van der Waals surface area (Å²) in [7, 11) is -1.89. The maximum atomic E-state index is 12.6. The molecule has 1 heterocycles. The van der Waals surface area contributed by atoms with Crippen LogP contribution in [0.3, 0.4) is 0 Å². The third kappa shape index (κ3) is 4.52. The van der Waals surface area contributed by atoms with Gasteiger partial charge in [-0.05, 0) is 38.4 Å². The number of nitrogens with zero attached hydrogens (tertiary/aromatic N) is 3. The van der Waals surface area contributed by atoms with Gasteiger partial charge in [0.25, 0.3) is 10.2 Å². The fourth-order valence-electron chi connectivity index (χ4n) is 1.69. The molecule has 0 bridgehead atoms. The van der Waals surface area contributed by atoms with Crippen LogP contribution in [0.4, 0.5) is 0 Å². The number of rotatable bonds is 8. The van der Waals surface area contributed by atoms with Crippen molar-refractivity contribution >= 4 is 10.2 Å². The van der Waals surface area contributed by atoms with Crippen LogP contribution in [0.2, 0.25) is 0 Å². The number of pyridine rings is 1. The summed E-state index contributed by atoms with van der Waals surface area (Å²) < 4.78 is 28.0. The summed E-state index contributed by atoms with van der Waals surface area (Å²) in [6.07, 6.45) is 3.98. The van der Waals surface area contributed by atoms with E-state index in [2.05, 4.69) is 4.98 Å². The van der Waals surface area contributed by atoms with E-state index in [4.69, 9.17) is 5.73 Å². The van der Waals surface area contributed by atoms with Gasteiger partial charge in [0, 0.05) is 38.6 Å². The molecule has 20 heavy (non-hydrogen) atoms. The molecule has 0 saturated heterocycles. The number of hydrogen-bond donors (Lipinski definition) is 1. The standard InChI is InChI=1S/C13H24N4O2S/c1-12(2)16(3)20(18,19)17(9-5-7-14)11-13-6-4-8-15-10-13/h4,6,8,10,12H,5,7,9,11,14H2,1-3H3. The van der Waals surface area contributed by atoms with Crippen molar-refractivity contribution in [3.05, 3.63) is 30.1 Å². The Hall–Kier alpha value is -1.02. The van der Waals surface area contributed by atoms with E-state index in [-0.39, 0.29) is 6.04 Å². The van der Waals surface area contributed by atoms with Crippen LogP contribution in [0, 0.1) is 0 Å². The Morgan fingerprint density at radius 1 is 1.40 bits per heavy atom. The van der Waals surface area contributed by atoms with Crippen LogP contribution in [0.25, 0.3) is 0 Å². The molecule has 0 amide bonds. The summed E-state index contributed by atoms with van der Waals surface area (Å²) >= 11 is 0. The van der Waals surface area contributed by atoms with Crippen molar-refractivity contribution in [3.8, 4) is 0 Å². The summed E-state index contributed by atoms with van der Waals surface area (Å²) in [6, 6.07) is 3.58. The maximum absolute atomic E-state index is 12.6. The fourth-order valence-corrected chi connectivity index (χ4v) is 3.26. The molecule has 114 valence electrons. The van der Waals surface area contributed by atoms with Gasteiger partial charge in [-0.15, -0.1) is 0 Å². The third-order valence-corrected chi connectivity index (χ3v) is 5.22. The minimum atomic E-state index is -3.49. The Bertz CT molecular complexity index is 490. The quantitative estimate of drug-likeness (QED) is 0.771. The van der Waals surface area contributed by atoms with Crippen molar-refractivity contribution in [2.24, 2.45) is 5.73 Å². The van der Waals surface area contributed by atoms with Crippen molar-refractivity contribution in [2.45, 2.75) is 32.9 Å². The Labute approximate surface area is 121 Å². The molecular weight excluding hydrogens is 276 g/mol. The van der Waals surface area contributed by atoms with Crippen LogP contribution >= 0.6 is 0 Å². The molecule has 7 heteroatoms. The zero-order valence-electron chi connectivity index (χ0n) is 12.4. The molecule has 0 aliphatic heterocycles. The minimum Gasteiger partial charge on any atom is -0.330 e. The Morgan fingerprint density at radius 3 is 2.60 bits per heavy atom. The molecule has 0 atom stereocenters. The smallest absolute Gasteiger partial charge is 0.282 e. The van der Waals surface area contributed by atoms with Crippen LogP contribution in [0.15, 0.2) is 24.5 Å². The topological polar surface area (TPSA) is 79.5 Å². The average molecular weight is 300 g/mol. The van der Waals surface area contributed by atoms with Gasteiger partial charge in [0.2, 0.25) is 0 Å². The Morgan fingerprint density at radius 2 is 2.10 bits per heavy atom. The van der Waals surface area contributed by atoms with Crippen LogP contribution in [0.1, 0.15) is 25.8 Å². The van der Waals surface area contributed by atoms with E-state index >= 15 is 0 Å². The van der Waals surface area contributed by atoms with Gasteiger partial charge < -0.3 is 5.73 Å². The molecule has 1 aromatic heterocycles. The molecule has 0 saturated carbocycles. The highest BCUT2D eigenvalue weighted by molar-refractivity contribution is 7.86. The highest BCUT2D eigenvalue weighted by Gasteiger charge is 2.28. The van der Waals surface area contributed by atoms with Crippen molar-refractivity contribution in [3.63, 3.8) is 0 Å². The predicted octanol–water partition coefficient (Wildman–Crippen LogP) is 0.817. The lowest BCUT2D eigenvalue weighted by atomic mass is 10.3. The van der Waals surface area contributed by atoms with Gasteiger partial charge in [0.1, 0.15) is 0 Å². The van der Waals surface area contributed by atoms with Gasteiger partial charge in [-0.3, -0.25) is 4.98 Å². The normalized spacial score (nSPS) is 12.6. The highest BCUT2D eigenvalue weighted by atomic mass is 32.2. The van der Waals surface area contributed by atoms with Crippen LogP contribution in [0.5, 0.6) is 0 Å². The lowest BCUT2D eigenvalue weighted by Gasteiger charge is -2.29. The lowest BCUT2D eigenvalue weighted by molar-refractivity contribution is 0.328. The van der Waals surface area contributed by atoms with Crippen molar-refractivity contribution in [2.75, 3.05) is 20.1 Å². The van der Waals surface area contributed by atoms with Crippen LogP contribution in [-0.2, 0) is 16.8 Å². The van der Waals surface area contributed by atoms with Gasteiger partial charge in [-0.25, -0.2) is 0 Å². The SMILES string of the molecule is CC(C)N(C)S(=O)(=O)N(CCCN)Cc1cccnc1. The van der Waals surface area contributed by atoms with E-state index in [0.29, 0.717) is 26.1 Å². The number of nitrogens with two attached hydrogens (primary N) is 1. The zero-order valence-corrected chi connectivity index (χ0v) is 13.2. The van der Waals surface area contributed by atoms with E-state index in [0.717, 1.165) is 5.56 Å². The van der Waals surface area contributed by atoms with Crippen molar-refractivity contribution in [1.82, 2.24) is 13.6 Å². The van der Waals surface area contributed by atoms with Crippen LogP contribution in [-0.4, -0.2) is 48.2 Å². The minimum absolute atomic E-state index is 0.0886. The Kier molecular flexibility index (Phi) is 6.54. The predicted molar refractivity (Wildman–Crippen MR) is 80.1 cm³/mol. The van der Waals surface area contributed by atoms with E-state index in [1.54, 1.807) is 25.5 Å². The van der Waals surface area contributed by atoms with Gasteiger partial charge in [-0.2, -0.15) is 17.0 Å². The van der Waals surface area contributed by atoms with Gasteiger partial charge in [0.05, 0.1) is 0 Å². The molecule has 0 aromatic carbocycles. The molecule has 1 aromatic rings. The maximum Gasteiger partial charge on any atom is 0.282 e. The second kappa shape index (κ2) is 7.68. The van der Waals surface area contributed by atoms with Gasteiger partial charge in [-0.1, -0.05) is 6.07 Å². The number of aromatic nitrogens is 1. The van der Waals surface area contributed by atoms with E-state index in [1.165, 1.54) is 8.61 Å². The van der Waals surface area contributed by atoms with E-state index in [1.807, 2.05) is 19.9 Å². The summed E-state index contributed by atoms with van der Waals surface area (Å²) in [5.41, 5.74) is 6.37. The fraction of sp³-hybridized carbons (Fsp3) is 0.615. The molecule has 0 radical (unpaired) electrons.